The van der Waals surface area contributed by atoms with E-state index < -0.39 is 0 Å². The Labute approximate surface area is 168 Å². The fraction of sp³-hybridized carbons (Fsp3) is 0.217. The zero-order valence-electron chi connectivity index (χ0n) is 16.4. The van der Waals surface area contributed by atoms with Crippen molar-refractivity contribution in [2.45, 2.75) is 33.1 Å². The van der Waals surface area contributed by atoms with Gasteiger partial charge in [-0.25, -0.2) is 4.98 Å². The Kier molecular flexibility index (Phi) is 4.02. The van der Waals surface area contributed by atoms with Crippen LogP contribution in [0.25, 0.3) is 33.5 Å². The van der Waals surface area contributed by atoms with Gasteiger partial charge >= 0.3 is 0 Å². The summed E-state index contributed by atoms with van der Waals surface area (Å²) in [5, 5.41) is 18.8. The lowest BCUT2D eigenvalue weighted by atomic mass is 9.99. The summed E-state index contributed by atoms with van der Waals surface area (Å²) in [6, 6.07) is 18.3. The molecule has 5 aromatic rings. The second-order valence-corrected chi connectivity index (χ2v) is 7.27. The number of imidazole rings is 1. The van der Waals surface area contributed by atoms with Gasteiger partial charge in [0.2, 0.25) is 0 Å². The lowest BCUT2D eigenvalue weighted by molar-refractivity contribution is 0.743. The van der Waals surface area contributed by atoms with Gasteiger partial charge in [-0.2, -0.15) is 9.94 Å². The summed E-state index contributed by atoms with van der Waals surface area (Å²) in [6.07, 6.45) is 2.97. The minimum Gasteiger partial charge on any atom is -0.275 e. The van der Waals surface area contributed by atoms with Crippen LogP contribution >= 0.6 is 0 Å². The highest BCUT2D eigenvalue weighted by Gasteiger charge is 2.23. The van der Waals surface area contributed by atoms with Gasteiger partial charge < -0.3 is 0 Å². The lowest BCUT2D eigenvalue weighted by Gasteiger charge is -2.17. The van der Waals surface area contributed by atoms with Crippen molar-refractivity contribution in [3.8, 4) is 11.9 Å². The molecule has 29 heavy (non-hydrogen) atoms. The first-order valence-electron chi connectivity index (χ1n) is 9.88. The number of hydrogen-bond acceptors (Lipinski definition) is 4. The number of unbranched alkanes of at least 4 members (excludes halogenated alkanes) is 1. The van der Waals surface area contributed by atoms with E-state index in [4.69, 9.17) is 4.98 Å². The SMILES string of the molecule is CCCCc1c(C)c(C#N)c2nc3ccccc3n2c1-n1nnc2ccccc21. The molecule has 5 rings (SSSR count). The third kappa shape index (κ3) is 2.51. The van der Waals surface area contributed by atoms with Crippen molar-refractivity contribution < 1.29 is 0 Å². The van der Waals surface area contributed by atoms with Crippen molar-refractivity contribution in [3.63, 3.8) is 0 Å². The first kappa shape index (κ1) is 17.4. The zero-order chi connectivity index (χ0) is 20.0. The molecule has 0 aliphatic rings. The number of hydrogen-bond donors (Lipinski definition) is 0. The molecule has 0 saturated heterocycles. The minimum absolute atomic E-state index is 0.625. The van der Waals surface area contributed by atoms with Crippen molar-refractivity contribution in [2.75, 3.05) is 0 Å². The second kappa shape index (κ2) is 6.71. The number of pyridine rings is 1. The molecule has 0 amide bonds. The topological polar surface area (TPSA) is 71.8 Å². The molecule has 0 atom stereocenters. The van der Waals surface area contributed by atoms with E-state index >= 15 is 0 Å². The Bertz CT molecular complexity index is 1420. The van der Waals surface area contributed by atoms with Gasteiger partial charge in [-0.15, -0.1) is 5.10 Å². The Morgan fingerprint density at radius 3 is 2.48 bits per heavy atom. The Balaban J connectivity index is 2.01. The number of aromatic nitrogens is 5. The van der Waals surface area contributed by atoms with Crippen LogP contribution in [0.2, 0.25) is 0 Å². The number of rotatable bonds is 4. The number of fused-ring (bicyclic) bond motifs is 4. The number of nitrogens with zero attached hydrogens (tertiary/aromatic N) is 6. The van der Waals surface area contributed by atoms with Crippen LogP contribution < -0.4 is 0 Å². The third-order valence-electron chi connectivity index (χ3n) is 5.54. The molecular weight excluding hydrogens is 360 g/mol. The molecule has 0 aliphatic heterocycles. The maximum Gasteiger partial charge on any atom is 0.157 e. The average molecular weight is 380 g/mol. The van der Waals surface area contributed by atoms with Gasteiger partial charge in [-0.3, -0.25) is 4.40 Å². The van der Waals surface area contributed by atoms with E-state index in [0.29, 0.717) is 11.2 Å². The number of benzene rings is 2. The van der Waals surface area contributed by atoms with Crippen LogP contribution in [0.5, 0.6) is 0 Å². The fourth-order valence-electron chi connectivity index (χ4n) is 4.06. The standard InChI is InChI=1S/C23H20N6/c1-3-4-9-16-15(2)17(14-24)22-25-18-10-5-7-12-20(18)28(22)23(16)29-21-13-8-6-11-19(21)26-27-29/h5-8,10-13H,3-4,9H2,1-2H3. The molecule has 0 saturated carbocycles. The normalized spacial score (nSPS) is 11.5. The molecule has 0 aliphatic carbocycles. The van der Waals surface area contributed by atoms with Gasteiger partial charge in [-0.1, -0.05) is 42.8 Å². The molecule has 0 radical (unpaired) electrons. The van der Waals surface area contributed by atoms with Crippen molar-refractivity contribution in [1.82, 2.24) is 24.4 Å². The molecule has 6 heteroatoms. The summed E-state index contributed by atoms with van der Waals surface area (Å²) < 4.78 is 3.97. The molecule has 6 nitrogen and oxygen atoms in total. The smallest absolute Gasteiger partial charge is 0.157 e. The maximum atomic E-state index is 9.95. The Morgan fingerprint density at radius 2 is 1.72 bits per heavy atom. The lowest BCUT2D eigenvalue weighted by Crippen LogP contribution is -2.12. The molecule has 0 unspecified atom stereocenters. The van der Waals surface area contributed by atoms with Gasteiger partial charge in [0.1, 0.15) is 17.4 Å². The summed E-state index contributed by atoms with van der Waals surface area (Å²) in [6.45, 7) is 4.20. The van der Waals surface area contributed by atoms with Crippen molar-refractivity contribution in [1.29, 1.82) is 5.26 Å². The summed E-state index contributed by atoms with van der Waals surface area (Å²) in [4.78, 5) is 4.80. The highest BCUT2D eigenvalue weighted by molar-refractivity contribution is 5.86. The Hall–Kier alpha value is -3.72. The van der Waals surface area contributed by atoms with Gasteiger partial charge in [0.25, 0.3) is 0 Å². The van der Waals surface area contributed by atoms with E-state index in [1.165, 1.54) is 0 Å². The van der Waals surface area contributed by atoms with E-state index in [9.17, 15) is 5.26 Å². The van der Waals surface area contributed by atoms with E-state index in [0.717, 1.165) is 58.3 Å². The van der Waals surface area contributed by atoms with E-state index in [-0.39, 0.29) is 0 Å². The van der Waals surface area contributed by atoms with Crippen molar-refractivity contribution in [3.05, 3.63) is 65.2 Å². The highest BCUT2D eigenvalue weighted by atomic mass is 15.5. The molecule has 0 N–H and O–H groups in total. The zero-order valence-corrected chi connectivity index (χ0v) is 16.4. The molecule has 3 heterocycles. The quantitative estimate of drug-likeness (QED) is 0.451. The van der Waals surface area contributed by atoms with Crippen LogP contribution in [0.4, 0.5) is 0 Å². The molecule has 3 aromatic heterocycles. The van der Waals surface area contributed by atoms with E-state index in [1.807, 2.05) is 60.1 Å². The average Bonchev–Trinajstić information content (AvgIpc) is 3.34. The summed E-state index contributed by atoms with van der Waals surface area (Å²) in [7, 11) is 0. The molecule has 142 valence electrons. The molecule has 0 fully saturated rings. The fourth-order valence-corrected chi connectivity index (χ4v) is 4.06. The summed E-state index contributed by atoms with van der Waals surface area (Å²) >= 11 is 0. The summed E-state index contributed by atoms with van der Waals surface area (Å²) in [5.74, 6) is 0.923. The molecule has 2 aromatic carbocycles. The maximum absolute atomic E-state index is 9.95. The van der Waals surface area contributed by atoms with Crippen LogP contribution in [0, 0.1) is 18.3 Å². The number of para-hydroxylation sites is 3. The van der Waals surface area contributed by atoms with Crippen LogP contribution in [0.15, 0.2) is 48.5 Å². The predicted molar refractivity (Wildman–Crippen MR) is 113 cm³/mol. The van der Waals surface area contributed by atoms with Gasteiger partial charge in [0, 0.05) is 0 Å². The predicted octanol–water partition coefficient (Wildman–Crippen LogP) is 4.74. The monoisotopic (exact) mass is 380 g/mol. The van der Waals surface area contributed by atoms with Crippen LogP contribution in [0.1, 0.15) is 36.5 Å². The minimum atomic E-state index is 0.625. The van der Waals surface area contributed by atoms with Crippen LogP contribution in [0.3, 0.4) is 0 Å². The number of nitriles is 1. The van der Waals surface area contributed by atoms with Crippen LogP contribution in [-0.4, -0.2) is 24.4 Å². The first-order valence-corrected chi connectivity index (χ1v) is 9.88. The Morgan fingerprint density at radius 1 is 1.00 bits per heavy atom. The highest BCUT2D eigenvalue weighted by Crippen LogP contribution is 2.32. The van der Waals surface area contributed by atoms with Crippen molar-refractivity contribution >= 4 is 27.7 Å². The van der Waals surface area contributed by atoms with E-state index in [2.05, 4.69) is 27.7 Å². The van der Waals surface area contributed by atoms with Crippen LogP contribution in [-0.2, 0) is 6.42 Å². The van der Waals surface area contributed by atoms with Crippen molar-refractivity contribution in [2.24, 2.45) is 0 Å². The molecule has 0 bridgehead atoms. The molecule has 0 spiro atoms. The van der Waals surface area contributed by atoms with Gasteiger partial charge in [0.15, 0.2) is 5.65 Å². The second-order valence-electron chi connectivity index (χ2n) is 7.27. The largest absolute Gasteiger partial charge is 0.275 e. The first-order chi connectivity index (χ1) is 14.2. The third-order valence-corrected chi connectivity index (χ3v) is 5.54. The van der Waals surface area contributed by atoms with E-state index in [1.54, 1.807) is 0 Å². The summed E-state index contributed by atoms with van der Waals surface area (Å²) in [5.41, 5.74) is 6.99. The van der Waals surface area contributed by atoms with Gasteiger partial charge in [0.05, 0.1) is 22.1 Å². The van der Waals surface area contributed by atoms with Gasteiger partial charge in [-0.05, 0) is 55.2 Å². The molecular formula is C23H20N6.